The normalized spacial score (nSPS) is 17.3. The number of nitriles is 1. The summed E-state index contributed by atoms with van der Waals surface area (Å²) in [5.41, 5.74) is 1.59. The number of carboxylic acids is 1. The van der Waals surface area contributed by atoms with E-state index in [1.807, 2.05) is 12.1 Å². The van der Waals surface area contributed by atoms with Crippen molar-refractivity contribution in [2.75, 3.05) is 19.6 Å². The number of hydrogen-bond donors (Lipinski definition) is 2. The first-order chi connectivity index (χ1) is 10.1. The van der Waals surface area contributed by atoms with E-state index >= 15 is 0 Å². The van der Waals surface area contributed by atoms with Crippen LogP contribution in [-0.2, 0) is 11.2 Å². The summed E-state index contributed by atoms with van der Waals surface area (Å²) >= 11 is 0. The summed E-state index contributed by atoms with van der Waals surface area (Å²) in [5.74, 6) is -1.30. The average molecular weight is 287 g/mol. The minimum absolute atomic E-state index is 0.227. The fourth-order valence-corrected chi connectivity index (χ4v) is 2.37. The van der Waals surface area contributed by atoms with Crippen LogP contribution >= 0.6 is 0 Å². The number of aliphatic carboxylic acids is 1. The van der Waals surface area contributed by atoms with Crippen molar-refractivity contribution in [1.82, 2.24) is 10.2 Å². The molecule has 6 heteroatoms. The van der Waals surface area contributed by atoms with Gasteiger partial charge < -0.3 is 15.3 Å². The zero-order chi connectivity index (χ0) is 15.2. The van der Waals surface area contributed by atoms with Crippen LogP contribution in [0, 0.1) is 17.2 Å². The summed E-state index contributed by atoms with van der Waals surface area (Å²) in [6.45, 7) is 1.21. The van der Waals surface area contributed by atoms with Crippen molar-refractivity contribution in [3.8, 4) is 6.07 Å². The number of rotatable bonds is 4. The van der Waals surface area contributed by atoms with E-state index in [0.29, 0.717) is 31.5 Å². The van der Waals surface area contributed by atoms with Gasteiger partial charge in [-0.3, -0.25) is 4.79 Å². The number of carbonyl (C=O) groups excluding carboxylic acids is 1. The van der Waals surface area contributed by atoms with Gasteiger partial charge in [0.15, 0.2) is 0 Å². The van der Waals surface area contributed by atoms with E-state index in [1.165, 1.54) is 4.90 Å². The number of nitrogens with zero attached hydrogens (tertiary/aromatic N) is 2. The predicted molar refractivity (Wildman–Crippen MR) is 75.6 cm³/mol. The lowest BCUT2D eigenvalue weighted by Crippen LogP contribution is -2.39. The Morgan fingerprint density at radius 1 is 1.48 bits per heavy atom. The van der Waals surface area contributed by atoms with Crippen LogP contribution in [-0.4, -0.2) is 41.6 Å². The van der Waals surface area contributed by atoms with Crippen LogP contribution in [0.1, 0.15) is 17.5 Å². The number of nitrogens with one attached hydrogen (secondary N) is 1. The number of urea groups is 1. The van der Waals surface area contributed by atoms with E-state index in [2.05, 4.69) is 11.4 Å². The van der Waals surface area contributed by atoms with Gasteiger partial charge in [0.25, 0.3) is 0 Å². The van der Waals surface area contributed by atoms with E-state index in [1.54, 1.807) is 12.1 Å². The molecule has 110 valence electrons. The third-order valence-electron chi connectivity index (χ3n) is 3.57. The highest BCUT2D eigenvalue weighted by Gasteiger charge is 2.30. The zero-order valence-corrected chi connectivity index (χ0v) is 11.6. The molecule has 0 saturated carbocycles. The van der Waals surface area contributed by atoms with Gasteiger partial charge in [0.2, 0.25) is 0 Å². The number of likely N-dealkylation sites (tertiary alicyclic amines) is 1. The van der Waals surface area contributed by atoms with Crippen LogP contribution in [0.25, 0.3) is 0 Å². The molecule has 1 unspecified atom stereocenters. The van der Waals surface area contributed by atoms with Crippen molar-refractivity contribution >= 4 is 12.0 Å². The third kappa shape index (κ3) is 3.96. The molecule has 1 fully saturated rings. The number of benzene rings is 1. The smallest absolute Gasteiger partial charge is 0.317 e. The Hall–Kier alpha value is -2.55. The standard InChI is InChI=1S/C15H17N3O3/c16-9-12-3-1-2-11(8-12)4-6-17-15(21)18-7-5-13(10-18)14(19)20/h1-3,8,13H,4-7,10H2,(H,17,21)(H,19,20). The molecule has 21 heavy (non-hydrogen) atoms. The van der Waals surface area contributed by atoms with Crippen LogP contribution < -0.4 is 5.32 Å². The van der Waals surface area contributed by atoms with Crippen molar-refractivity contribution in [1.29, 1.82) is 5.26 Å². The highest BCUT2D eigenvalue weighted by molar-refractivity contribution is 5.77. The zero-order valence-electron chi connectivity index (χ0n) is 11.6. The maximum atomic E-state index is 11.9. The Kier molecular flexibility index (Phi) is 4.77. The molecule has 0 aromatic heterocycles. The molecule has 2 N–H and O–H groups in total. The van der Waals surface area contributed by atoms with Crippen molar-refractivity contribution in [3.63, 3.8) is 0 Å². The molecule has 2 amide bonds. The van der Waals surface area contributed by atoms with Crippen molar-refractivity contribution in [2.45, 2.75) is 12.8 Å². The second-order valence-electron chi connectivity index (χ2n) is 5.06. The fraction of sp³-hybridized carbons (Fsp3) is 0.400. The average Bonchev–Trinajstić information content (AvgIpc) is 2.97. The molecule has 2 rings (SSSR count). The molecule has 1 atom stereocenters. The summed E-state index contributed by atoms with van der Waals surface area (Å²) < 4.78 is 0. The molecule has 0 bridgehead atoms. The van der Waals surface area contributed by atoms with Gasteiger partial charge in [-0.15, -0.1) is 0 Å². The van der Waals surface area contributed by atoms with Gasteiger partial charge in [0.1, 0.15) is 0 Å². The highest BCUT2D eigenvalue weighted by Crippen LogP contribution is 2.16. The number of amides is 2. The minimum atomic E-state index is -0.849. The Labute approximate surface area is 123 Å². The van der Waals surface area contributed by atoms with E-state index in [4.69, 9.17) is 10.4 Å². The lowest BCUT2D eigenvalue weighted by molar-refractivity contribution is -0.141. The molecule has 1 aromatic carbocycles. The van der Waals surface area contributed by atoms with Gasteiger partial charge in [0, 0.05) is 19.6 Å². The first-order valence-corrected chi connectivity index (χ1v) is 6.85. The second kappa shape index (κ2) is 6.75. The summed E-state index contributed by atoms with van der Waals surface area (Å²) in [6, 6.07) is 9.10. The molecule has 1 heterocycles. The molecule has 1 saturated heterocycles. The minimum Gasteiger partial charge on any atom is -0.481 e. The van der Waals surface area contributed by atoms with E-state index < -0.39 is 11.9 Å². The van der Waals surface area contributed by atoms with Gasteiger partial charge >= 0.3 is 12.0 Å². The monoisotopic (exact) mass is 287 g/mol. The molecule has 0 spiro atoms. The third-order valence-corrected chi connectivity index (χ3v) is 3.57. The van der Waals surface area contributed by atoms with Crippen LogP contribution in [0.15, 0.2) is 24.3 Å². The first-order valence-electron chi connectivity index (χ1n) is 6.85. The Bertz CT molecular complexity index is 580. The van der Waals surface area contributed by atoms with Crippen LogP contribution in [0.2, 0.25) is 0 Å². The Balaban J connectivity index is 1.77. The van der Waals surface area contributed by atoms with Gasteiger partial charge in [-0.05, 0) is 30.5 Å². The summed E-state index contributed by atoms with van der Waals surface area (Å²) in [6.07, 6.45) is 1.14. The molecule has 1 aliphatic rings. The maximum absolute atomic E-state index is 11.9. The maximum Gasteiger partial charge on any atom is 0.317 e. The van der Waals surface area contributed by atoms with Crippen LogP contribution in [0.5, 0.6) is 0 Å². The Morgan fingerprint density at radius 3 is 2.95 bits per heavy atom. The molecule has 1 aromatic rings. The van der Waals surface area contributed by atoms with Crippen LogP contribution in [0.3, 0.4) is 0 Å². The highest BCUT2D eigenvalue weighted by atomic mass is 16.4. The Morgan fingerprint density at radius 2 is 2.29 bits per heavy atom. The van der Waals surface area contributed by atoms with Gasteiger partial charge in [-0.25, -0.2) is 4.79 Å². The molecule has 0 aliphatic carbocycles. The SMILES string of the molecule is N#Cc1cccc(CCNC(=O)N2CCC(C(=O)O)C2)c1. The summed E-state index contributed by atoms with van der Waals surface area (Å²) in [5, 5.41) is 20.5. The molecular formula is C15H17N3O3. The molecule has 0 radical (unpaired) electrons. The van der Waals surface area contributed by atoms with Gasteiger partial charge in [-0.1, -0.05) is 12.1 Å². The number of carbonyl (C=O) groups is 2. The van der Waals surface area contributed by atoms with Crippen molar-refractivity contribution < 1.29 is 14.7 Å². The van der Waals surface area contributed by atoms with Gasteiger partial charge in [-0.2, -0.15) is 5.26 Å². The molecular weight excluding hydrogens is 270 g/mol. The fourth-order valence-electron chi connectivity index (χ4n) is 2.37. The van der Waals surface area contributed by atoms with E-state index in [0.717, 1.165) is 5.56 Å². The van der Waals surface area contributed by atoms with Crippen molar-refractivity contribution in [3.05, 3.63) is 35.4 Å². The van der Waals surface area contributed by atoms with E-state index in [-0.39, 0.29) is 12.6 Å². The topological polar surface area (TPSA) is 93.4 Å². The summed E-state index contributed by atoms with van der Waals surface area (Å²) in [7, 11) is 0. The predicted octanol–water partition coefficient (Wildman–Crippen LogP) is 1.22. The largest absolute Gasteiger partial charge is 0.481 e. The van der Waals surface area contributed by atoms with Crippen LogP contribution in [0.4, 0.5) is 4.79 Å². The lowest BCUT2D eigenvalue weighted by Gasteiger charge is -2.16. The summed E-state index contributed by atoms with van der Waals surface area (Å²) in [4.78, 5) is 24.3. The molecule has 1 aliphatic heterocycles. The first kappa shape index (κ1) is 14.9. The van der Waals surface area contributed by atoms with Crippen molar-refractivity contribution in [2.24, 2.45) is 5.92 Å². The number of carboxylic acid groups (broad SMARTS) is 1. The quantitative estimate of drug-likeness (QED) is 0.870. The lowest BCUT2D eigenvalue weighted by atomic mass is 10.1. The second-order valence-corrected chi connectivity index (χ2v) is 5.06. The number of hydrogen-bond acceptors (Lipinski definition) is 3. The van der Waals surface area contributed by atoms with E-state index in [9.17, 15) is 9.59 Å². The molecule has 6 nitrogen and oxygen atoms in total. The van der Waals surface area contributed by atoms with Gasteiger partial charge in [0.05, 0.1) is 17.6 Å².